The van der Waals surface area contributed by atoms with E-state index in [1.807, 2.05) is 19.9 Å². The molecule has 1 amide bonds. The molecule has 0 fully saturated rings. The molecule has 0 heterocycles. The van der Waals surface area contributed by atoms with Gasteiger partial charge in [-0.1, -0.05) is 13.8 Å². The van der Waals surface area contributed by atoms with Gasteiger partial charge >= 0.3 is 0 Å². The topological polar surface area (TPSA) is 82.3 Å². The van der Waals surface area contributed by atoms with Crippen LogP contribution in [0.25, 0.3) is 0 Å². The Kier molecular flexibility index (Phi) is 6.70. The number of nitrogens with zero attached hydrogens (tertiary/aromatic N) is 1. The van der Waals surface area contributed by atoms with Gasteiger partial charge in [0.2, 0.25) is 0 Å². The lowest BCUT2D eigenvalue weighted by molar-refractivity contribution is -0.123. The van der Waals surface area contributed by atoms with Gasteiger partial charge in [0.05, 0.1) is 18.2 Å². The van der Waals surface area contributed by atoms with Gasteiger partial charge in [0.25, 0.3) is 5.91 Å². The van der Waals surface area contributed by atoms with Crippen LogP contribution in [0.15, 0.2) is 24.3 Å². The number of nitriles is 1. The van der Waals surface area contributed by atoms with E-state index in [4.69, 9.17) is 10.00 Å². The maximum atomic E-state index is 11.8. The van der Waals surface area contributed by atoms with E-state index in [0.29, 0.717) is 17.9 Å². The molecular weight excluding hydrogens is 268 g/mol. The SMILES string of the molecule is CCC(CC)(CO)CNC(=O)COc1ccc(C#N)cc1. The Hall–Kier alpha value is -2.06. The van der Waals surface area contributed by atoms with Crippen molar-refractivity contribution < 1.29 is 14.6 Å². The van der Waals surface area contributed by atoms with Crippen LogP contribution in [-0.2, 0) is 4.79 Å². The number of rotatable bonds is 8. The van der Waals surface area contributed by atoms with Crippen LogP contribution in [0.5, 0.6) is 5.75 Å². The molecule has 21 heavy (non-hydrogen) atoms. The first-order chi connectivity index (χ1) is 10.1. The molecule has 0 aliphatic heterocycles. The van der Waals surface area contributed by atoms with Gasteiger partial charge in [-0.3, -0.25) is 4.79 Å². The monoisotopic (exact) mass is 290 g/mol. The molecule has 0 spiro atoms. The van der Waals surface area contributed by atoms with Crippen molar-refractivity contribution in [3.05, 3.63) is 29.8 Å². The van der Waals surface area contributed by atoms with Crippen molar-refractivity contribution in [1.82, 2.24) is 5.32 Å². The number of benzene rings is 1. The first-order valence-corrected chi connectivity index (χ1v) is 7.09. The Morgan fingerprint density at radius 3 is 2.43 bits per heavy atom. The van der Waals surface area contributed by atoms with E-state index < -0.39 is 0 Å². The molecule has 1 rings (SSSR count). The Labute approximate surface area is 125 Å². The zero-order valence-electron chi connectivity index (χ0n) is 12.6. The van der Waals surface area contributed by atoms with Crippen LogP contribution >= 0.6 is 0 Å². The second-order valence-corrected chi connectivity index (χ2v) is 5.07. The second kappa shape index (κ2) is 8.28. The fourth-order valence-electron chi connectivity index (χ4n) is 1.89. The molecule has 114 valence electrons. The molecule has 0 radical (unpaired) electrons. The van der Waals surface area contributed by atoms with E-state index >= 15 is 0 Å². The molecule has 0 unspecified atom stereocenters. The summed E-state index contributed by atoms with van der Waals surface area (Å²) in [7, 11) is 0. The maximum Gasteiger partial charge on any atom is 0.257 e. The van der Waals surface area contributed by atoms with Crippen LogP contribution in [0.4, 0.5) is 0 Å². The van der Waals surface area contributed by atoms with Gasteiger partial charge in [0.15, 0.2) is 6.61 Å². The van der Waals surface area contributed by atoms with Crippen LogP contribution in [0.1, 0.15) is 32.3 Å². The smallest absolute Gasteiger partial charge is 0.257 e. The summed E-state index contributed by atoms with van der Waals surface area (Å²) in [4.78, 5) is 11.8. The predicted molar refractivity (Wildman–Crippen MR) is 79.8 cm³/mol. The number of nitrogens with one attached hydrogen (secondary N) is 1. The lowest BCUT2D eigenvalue weighted by Crippen LogP contribution is -2.41. The number of aliphatic hydroxyl groups excluding tert-OH is 1. The lowest BCUT2D eigenvalue weighted by atomic mass is 9.83. The third-order valence-electron chi connectivity index (χ3n) is 3.85. The molecule has 0 aliphatic carbocycles. The van der Waals surface area contributed by atoms with E-state index in [0.717, 1.165) is 12.8 Å². The summed E-state index contributed by atoms with van der Waals surface area (Å²) >= 11 is 0. The van der Waals surface area contributed by atoms with Crippen molar-refractivity contribution in [2.45, 2.75) is 26.7 Å². The van der Waals surface area contributed by atoms with Gasteiger partial charge < -0.3 is 15.2 Å². The van der Waals surface area contributed by atoms with Gasteiger partial charge in [-0.2, -0.15) is 5.26 Å². The highest BCUT2D eigenvalue weighted by molar-refractivity contribution is 5.77. The number of ether oxygens (including phenoxy) is 1. The fraction of sp³-hybridized carbons (Fsp3) is 0.500. The summed E-state index contributed by atoms with van der Waals surface area (Å²) in [6.07, 6.45) is 1.60. The zero-order valence-corrected chi connectivity index (χ0v) is 12.6. The third kappa shape index (κ3) is 5.09. The first-order valence-electron chi connectivity index (χ1n) is 7.09. The fourth-order valence-corrected chi connectivity index (χ4v) is 1.89. The van der Waals surface area contributed by atoms with Gasteiger partial charge in [-0.05, 0) is 37.1 Å². The molecular formula is C16H22N2O3. The zero-order chi connectivity index (χ0) is 15.7. The summed E-state index contributed by atoms with van der Waals surface area (Å²) in [5.74, 6) is 0.322. The molecule has 5 nitrogen and oxygen atoms in total. The molecule has 0 aliphatic rings. The number of carbonyl (C=O) groups is 1. The Bertz CT molecular complexity index is 479. The number of amides is 1. The number of carbonyl (C=O) groups excluding carboxylic acids is 1. The maximum absolute atomic E-state index is 11.8. The van der Waals surface area contributed by atoms with Crippen LogP contribution in [0.3, 0.4) is 0 Å². The van der Waals surface area contributed by atoms with Crippen LogP contribution < -0.4 is 10.1 Å². The molecule has 0 saturated carbocycles. The van der Waals surface area contributed by atoms with Crippen LogP contribution in [0, 0.1) is 16.7 Å². The normalized spacial score (nSPS) is 10.8. The van der Waals surface area contributed by atoms with Gasteiger partial charge in [0, 0.05) is 12.0 Å². The van der Waals surface area contributed by atoms with Crippen molar-refractivity contribution in [2.24, 2.45) is 5.41 Å². The van der Waals surface area contributed by atoms with Crippen molar-refractivity contribution >= 4 is 5.91 Å². The predicted octanol–water partition coefficient (Wildman–Crippen LogP) is 1.85. The molecule has 0 atom stereocenters. The van der Waals surface area contributed by atoms with Crippen LogP contribution in [0.2, 0.25) is 0 Å². The van der Waals surface area contributed by atoms with Crippen molar-refractivity contribution in [1.29, 1.82) is 5.26 Å². The summed E-state index contributed by atoms with van der Waals surface area (Å²) in [5.41, 5.74) is 0.287. The highest BCUT2D eigenvalue weighted by Crippen LogP contribution is 2.24. The highest BCUT2D eigenvalue weighted by atomic mass is 16.5. The lowest BCUT2D eigenvalue weighted by Gasteiger charge is -2.29. The van der Waals surface area contributed by atoms with E-state index in [2.05, 4.69) is 5.32 Å². The van der Waals surface area contributed by atoms with Gasteiger partial charge in [-0.25, -0.2) is 0 Å². The Morgan fingerprint density at radius 2 is 1.95 bits per heavy atom. The van der Waals surface area contributed by atoms with Crippen molar-refractivity contribution in [3.8, 4) is 11.8 Å². The Morgan fingerprint density at radius 1 is 1.33 bits per heavy atom. The molecule has 1 aromatic carbocycles. The quantitative estimate of drug-likeness (QED) is 0.765. The standard InChI is InChI=1S/C16H22N2O3/c1-3-16(4-2,12-19)11-18-15(20)10-21-14-7-5-13(9-17)6-8-14/h5-8,19H,3-4,10-12H2,1-2H3,(H,18,20). The Balaban J connectivity index is 2.42. The minimum Gasteiger partial charge on any atom is -0.484 e. The summed E-state index contributed by atoms with van der Waals surface area (Å²) in [6, 6.07) is 8.60. The minimum atomic E-state index is -0.260. The van der Waals surface area contributed by atoms with E-state index in [1.165, 1.54) is 0 Å². The number of hydrogen-bond acceptors (Lipinski definition) is 4. The molecule has 2 N–H and O–H groups in total. The van der Waals surface area contributed by atoms with Crippen LogP contribution in [-0.4, -0.2) is 30.8 Å². The second-order valence-electron chi connectivity index (χ2n) is 5.07. The minimum absolute atomic E-state index is 0.0523. The van der Waals surface area contributed by atoms with Crippen molar-refractivity contribution in [3.63, 3.8) is 0 Å². The third-order valence-corrected chi connectivity index (χ3v) is 3.85. The van der Waals surface area contributed by atoms with E-state index in [-0.39, 0.29) is 24.5 Å². The average Bonchev–Trinajstić information content (AvgIpc) is 2.55. The largest absolute Gasteiger partial charge is 0.484 e. The summed E-state index contributed by atoms with van der Waals surface area (Å²) in [5, 5.41) is 20.9. The van der Waals surface area contributed by atoms with E-state index in [1.54, 1.807) is 24.3 Å². The highest BCUT2D eigenvalue weighted by Gasteiger charge is 2.25. The van der Waals surface area contributed by atoms with Gasteiger partial charge in [0.1, 0.15) is 5.75 Å². The summed E-state index contributed by atoms with van der Waals surface area (Å²) in [6.45, 7) is 4.40. The first kappa shape index (κ1) is 17.0. The average molecular weight is 290 g/mol. The molecule has 1 aromatic rings. The number of aliphatic hydroxyl groups is 1. The molecule has 0 bridgehead atoms. The summed E-state index contributed by atoms with van der Waals surface area (Å²) < 4.78 is 5.35. The molecule has 0 saturated heterocycles. The molecule has 0 aromatic heterocycles. The molecule has 5 heteroatoms. The van der Waals surface area contributed by atoms with Gasteiger partial charge in [-0.15, -0.1) is 0 Å². The number of hydrogen-bond donors (Lipinski definition) is 2. The van der Waals surface area contributed by atoms with Crippen molar-refractivity contribution in [2.75, 3.05) is 19.8 Å². The van der Waals surface area contributed by atoms with E-state index in [9.17, 15) is 9.90 Å².